The zero-order valence-electron chi connectivity index (χ0n) is 12.2. The SMILES string of the molecule is CC1CCCCC1N(C)c1ccc(C#N)c(C(F)(F)F)c1. The van der Waals surface area contributed by atoms with Crippen LogP contribution >= 0.6 is 0 Å². The summed E-state index contributed by atoms with van der Waals surface area (Å²) in [6, 6.07) is 5.84. The molecule has 1 aromatic rings. The highest BCUT2D eigenvalue weighted by Gasteiger charge is 2.35. The zero-order chi connectivity index (χ0) is 15.6. The molecule has 2 nitrogen and oxygen atoms in total. The van der Waals surface area contributed by atoms with Crippen LogP contribution in [0.4, 0.5) is 18.9 Å². The number of alkyl halides is 3. The van der Waals surface area contributed by atoms with Gasteiger partial charge < -0.3 is 4.90 Å². The second-order valence-electron chi connectivity index (χ2n) is 5.78. The quantitative estimate of drug-likeness (QED) is 0.798. The molecule has 0 radical (unpaired) electrons. The molecule has 21 heavy (non-hydrogen) atoms. The van der Waals surface area contributed by atoms with Crippen molar-refractivity contribution in [1.29, 1.82) is 5.26 Å². The van der Waals surface area contributed by atoms with Crippen LogP contribution in [0, 0.1) is 17.2 Å². The van der Waals surface area contributed by atoms with Crippen molar-refractivity contribution in [2.75, 3.05) is 11.9 Å². The molecule has 1 fully saturated rings. The summed E-state index contributed by atoms with van der Waals surface area (Å²) in [5.74, 6) is 0.466. The monoisotopic (exact) mass is 296 g/mol. The summed E-state index contributed by atoms with van der Waals surface area (Å²) >= 11 is 0. The molecular formula is C16H19F3N2. The topological polar surface area (TPSA) is 27.0 Å². The van der Waals surface area contributed by atoms with Crippen LogP contribution in [0.2, 0.25) is 0 Å². The van der Waals surface area contributed by atoms with Crippen LogP contribution in [0.5, 0.6) is 0 Å². The summed E-state index contributed by atoms with van der Waals surface area (Å²) < 4.78 is 39.1. The Hall–Kier alpha value is -1.70. The Bertz CT molecular complexity index is 545. The lowest BCUT2D eigenvalue weighted by molar-refractivity contribution is -0.137. The maximum atomic E-state index is 13.0. The minimum Gasteiger partial charge on any atom is -0.371 e. The molecule has 2 unspecified atom stereocenters. The molecular weight excluding hydrogens is 277 g/mol. The van der Waals surface area contributed by atoms with Gasteiger partial charge >= 0.3 is 6.18 Å². The number of nitrogens with zero attached hydrogens (tertiary/aromatic N) is 2. The first-order valence-corrected chi connectivity index (χ1v) is 7.18. The number of hydrogen-bond donors (Lipinski definition) is 0. The van der Waals surface area contributed by atoms with Crippen LogP contribution in [-0.2, 0) is 6.18 Å². The first-order valence-electron chi connectivity index (χ1n) is 7.18. The number of nitriles is 1. The standard InChI is InChI=1S/C16H19F3N2/c1-11-5-3-4-6-15(11)21(2)13-8-7-12(10-20)14(9-13)16(17,18)19/h7-9,11,15H,3-6H2,1-2H3. The summed E-state index contributed by atoms with van der Waals surface area (Å²) in [6.07, 6.45) is -0.0923. The van der Waals surface area contributed by atoms with Crippen LogP contribution in [0.15, 0.2) is 18.2 Å². The van der Waals surface area contributed by atoms with E-state index in [1.807, 2.05) is 11.9 Å². The highest BCUT2D eigenvalue weighted by Crippen LogP contribution is 2.36. The van der Waals surface area contributed by atoms with E-state index in [0.29, 0.717) is 11.6 Å². The zero-order valence-corrected chi connectivity index (χ0v) is 12.2. The van der Waals surface area contributed by atoms with Gasteiger partial charge in [0, 0.05) is 18.8 Å². The van der Waals surface area contributed by atoms with Gasteiger partial charge in [-0.25, -0.2) is 0 Å². The van der Waals surface area contributed by atoms with Crippen LogP contribution in [0.1, 0.15) is 43.7 Å². The van der Waals surface area contributed by atoms with Crippen molar-refractivity contribution in [3.05, 3.63) is 29.3 Å². The smallest absolute Gasteiger partial charge is 0.371 e. The lowest BCUT2D eigenvalue weighted by Gasteiger charge is -2.38. The van der Waals surface area contributed by atoms with Gasteiger partial charge in [0.15, 0.2) is 0 Å². The molecule has 0 aliphatic heterocycles. The molecule has 114 valence electrons. The molecule has 0 N–H and O–H groups in total. The number of halogens is 3. The summed E-state index contributed by atoms with van der Waals surface area (Å²) in [5, 5.41) is 8.84. The fraction of sp³-hybridized carbons (Fsp3) is 0.562. The Morgan fingerprint density at radius 2 is 1.90 bits per heavy atom. The Morgan fingerprint density at radius 3 is 2.48 bits per heavy atom. The fourth-order valence-electron chi connectivity index (χ4n) is 3.15. The number of anilines is 1. The highest BCUT2D eigenvalue weighted by molar-refractivity contribution is 5.55. The lowest BCUT2D eigenvalue weighted by Crippen LogP contribution is -2.39. The molecule has 2 rings (SSSR count). The third kappa shape index (κ3) is 3.31. The van der Waals surface area contributed by atoms with E-state index in [-0.39, 0.29) is 11.6 Å². The van der Waals surface area contributed by atoms with Crippen molar-refractivity contribution in [1.82, 2.24) is 0 Å². The lowest BCUT2D eigenvalue weighted by atomic mass is 9.85. The Balaban J connectivity index is 2.34. The molecule has 5 heteroatoms. The van der Waals surface area contributed by atoms with E-state index in [4.69, 9.17) is 5.26 Å². The molecule has 0 bridgehead atoms. The van der Waals surface area contributed by atoms with Crippen molar-refractivity contribution in [2.24, 2.45) is 5.92 Å². The van der Waals surface area contributed by atoms with Gasteiger partial charge in [-0.1, -0.05) is 19.8 Å². The van der Waals surface area contributed by atoms with Gasteiger partial charge in [-0.2, -0.15) is 18.4 Å². The molecule has 0 heterocycles. The summed E-state index contributed by atoms with van der Waals surface area (Å²) in [4.78, 5) is 1.93. The second-order valence-corrected chi connectivity index (χ2v) is 5.78. The molecule has 0 spiro atoms. The molecule has 1 aromatic carbocycles. The van der Waals surface area contributed by atoms with Crippen LogP contribution < -0.4 is 4.90 Å². The fourth-order valence-corrected chi connectivity index (χ4v) is 3.15. The van der Waals surface area contributed by atoms with Gasteiger partial charge in [0.25, 0.3) is 0 Å². The van der Waals surface area contributed by atoms with Gasteiger partial charge in [-0.3, -0.25) is 0 Å². The van der Waals surface area contributed by atoms with E-state index in [0.717, 1.165) is 25.3 Å². The third-order valence-corrected chi connectivity index (χ3v) is 4.40. The van der Waals surface area contributed by atoms with E-state index < -0.39 is 11.7 Å². The Kier molecular flexibility index (Phi) is 4.46. The van der Waals surface area contributed by atoms with E-state index in [1.54, 1.807) is 12.1 Å². The van der Waals surface area contributed by atoms with Crippen molar-refractivity contribution in [2.45, 2.75) is 44.8 Å². The van der Waals surface area contributed by atoms with Crippen molar-refractivity contribution in [3.8, 4) is 6.07 Å². The average molecular weight is 296 g/mol. The van der Waals surface area contributed by atoms with E-state index in [2.05, 4.69) is 6.92 Å². The Morgan fingerprint density at radius 1 is 1.24 bits per heavy atom. The maximum Gasteiger partial charge on any atom is 0.417 e. The van der Waals surface area contributed by atoms with Gasteiger partial charge in [-0.05, 0) is 37.0 Å². The first kappa shape index (κ1) is 15.7. The Labute approximate surface area is 123 Å². The largest absolute Gasteiger partial charge is 0.417 e. The van der Waals surface area contributed by atoms with Crippen molar-refractivity contribution >= 4 is 5.69 Å². The summed E-state index contributed by atoms with van der Waals surface area (Å²) in [5.41, 5.74) is -0.644. The molecule has 0 amide bonds. The molecule has 0 aromatic heterocycles. The summed E-state index contributed by atoms with van der Waals surface area (Å²) in [7, 11) is 1.84. The van der Waals surface area contributed by atoms with Crippen LogP contribution in [0.3, 0.4) is 0 Å². The van der Waals surface area contributed by atoms with Gasteiger partial charge in [0.2, 0.25) is 0 Å². The molecule has 0 saturated heterocycles. The van der Waals surface area contributed by atoms with E-state index >= 15 is 0 Å². The third-order valence-electron chi connectivity index (χ3n) is 4.40. The van der Waals surface area contributed by atoms with Crippen molar-refractivity contribution < 1.29 is 13.2 Å². The van der Waals surface area contributed by atoms with Crippen LogP contribution in [-0.4, -0.2) is 13.1 Å². The number of hydrogen-bond acceptors (Lipinski definition) is 2. The second kappa shape index (κ2) is 5.97. The van der Waals surface area contributed by atoms with Gasteiger partial charge in [0.1, 0.15) is 0 Å². The summed E-state index contributed by atoms with van der Waals surface area (Å²) in [6.45, 7) is 2.15. The van der Waals surface area contributed by atoms with E-state index in [1.165, 1.54) is 12.5 Å². The van der Waals surface area contributed by atoms with Gasteiger partial charge in [-0.15, -0.1) is 0 Å². The minimum atomic E-state index is -4.50. The van der Waals surface area contributed by atoms with Crippen LogP contribution in [0.25, 0.3) is 0 Å². The number of rotatable bonds is 2. The number of benzene rings is 1. The normalized spacial score (nSPS) is 22.7. The van der Waals surface area contributed by atoms with Gasteiger partial charge in [0.05, 0.1) is 17.2 Å². The molecule has 2 atom stereocenters. The molecule has 1 aliphatic rings. The maximum absolute atomic E-state index is 13.0. The molecule has 1 saturated carbocycles. The predicted octanol–water partition coefficient (Wildman–Crippen LogP) is 4.59. The minimum absolute atomic E-state index is 0.257. The van der Waals surface area contributed by atoms with Crippen molar-refractivity contribution in [3.63, 3.8) is 0 Å². The highest BCUT2D eigenvalue weighted by atomic mass is 19.4. The average Bonchev–Trinajstić information content (AvgIpc) is 2.45. The van der Waals surface area contributed by atoms with E-state index in [9.17, 15) is 13.2 Å². The predicted molar refractivity (Wildman–Crippen MR) is 76.0 cm³/mol. The molecule has 1 aliphatic carbocycles. The first-order chi connectivity index (χ1) is 9.84.